The molecule has 3 heteroatoms. The van der Waals surface area contributed by atoms with E-state index in [4.69, 9.17) is 0 Å². The molecule has 1 aliphatic carbocycles. The Morgan fingerprint density at radius 3 is 2.89 bits per heavy atom. The van der Waals surface area contributed by atoms with Gasteiger partial charge in [-0.2, -0.15) is 0 Å². The minimum absolute atomic E-state index is 0.0674. The highest BCUT2D eigenvalue weighted by molar-refractivity contribution is 5.83. The van der Waals surface area contributed by atoms with Crippen molar-refractivity contribution in [2.75, 3.05) is 11.4 Å². The van der Waals surface area contributed by atoms with Crippen molar-refractivity contribution in [2.24, 2.45) is 0 Å². The fourth-order valence-electron chi connectivity index (χ4n) is 4.60. The first-order valence-corrected chi connectivity index (χ1v) is 7.36. The van der Waals surface area contributed by atoms with Gasteiger partial charge in [-0.1, -0.05) is 31.5 Å². The van der Waals surface area contributed by atoms with Gasteiger partial charge in [0.25, 0.3) is 0 Å². The van der Waals surface area contributed by atoms with Gasteiger partial charge in [0.15, 0.2) is 0 Å². The summed E-state index contributed by atoms with van der Waals surface area (Å²) in [5.41, 5.74) is 2.67. The van der Waals surface area contributed by atoms with Crippen molar-refractivity contribution in [3.8, 4) is 0 Å². The smallest absolute Gasteiger partial charge is 0.223 e. The molecule has 1 saturated heterocycles. The lowest BCUT2D eigenvalue weighted by molar-refractivity contribution is -0.126. The number of nitrogens with zero attached hydrogens (tertiary/aromatic N) is 1. The lowest BCUT2D eigenvalue weighted by Crippen LogP contribution is -2.71. The van der Waals surface area contributed by atoms with E-state index in [9.17, 15) is 4.79 Å². The van der Waals surface area contributed by atoms with Gasteiger partial charge in [-0.05, 0) is 30.9 Å². The van der Waals surface area contributed by atoms with Crippen molar-refractivity contribution >= 4 is 11.6 Å². The molecular formula is C16H20N2O. The maximum Gasteiger partial charge on any atom is 0.223 e. The molecule has 3 aliphatic rings. The van der Waals surface area contributed by atoms with Crippen LogP contribution >= 0.6 is 0 Å². The van der Waals surface area contributed by atoms with Crippen LogP contribution in [0.2, 0.25) is 0 Å². The summed E-state index contributed by atoms with van der Waals surface area (Å²) < 4.78 is 0. The largest absolute Gasteiger partial charge is 0.347 e. The Kier molecular flexibility index (Phi) is 2.10. The predicted octanol–water partition coefficient (Wildman–Crippen LogP) is 2.55. The minimum atomic E-state index is -0.162. The van der Waals surface area contributed by atoms with E-state index in [1.54, 1.807) is 0 Å². The van der Waals surface area contributed by atoms with Gasteiger partial charge in [0.05, 0.1) is 0 Å². The highest BCUT2D eigenvalue weighted by atomic mass is 16.2. The van der Waals surface area contributed by atoms with Crippen molar-refractivity contribution in [2.45, 2.75) is 50.1 Å². The predicted molar refractivity (Wildman–Crippen MR) is 75.1 cm³/mol. The van der Waals surface area contributed by atoms with E-state index in [-0.39, 0.29) is 17.0 Å². The molecule has 19 heavy (non-hydrogen) atoms. The molecule has 2 fully saturated rings. The highest BCUT2D eigenvalue weighted by Crippen LogP contribution is 2.57. The van der Waals surface area contributed by atoms with Gasteiger partial charge in [-0.3, -0.25) is 4.79 Å². The molecule has 2 aliphatic heterocycles. The highest BCUT2D eigenvalue weighted by Gasteiger charge is 2.61. The third kappa shape index (κ3) is 1.21. The number of anilines is 1. The summed E-state index contributed by atoms with van der Waals surface area (Å²) in [4.78, 5) is 14.5. The minimum Gasteiger partial charge on any atom is -0.347 e. The average Bonchev–Trinajstić information content (AvgIpc) is 2.65. The Morgan fingerprint density at radius 1 is 1.21 bits per heavy atom. The Hall–Kier alpha value is -1.51. The van der Waals surface area contributed by atoms with Gasteiger partial charge < -0.3 is 10.2 Å². The monoisotopic (exact) mass is 256 g/mol. The second-order valence-electron chi connectivity index (χ2n) is 6.37. The van der Waals surface area contributed by atoms with E-state index in [1.807, 2.05) is 0 Å². The molecule has 1 N–H and O–H groups in total. The molecule has 0 bridgehead atoms. The lowest BCUT2D eigenvalue weighted by atomic mass is 9.64. The molecule has 1 amide bonds. The van der Waals surface area contributed by atoms with Gasteiger partial charge in [-0.25, -0.2) is 0 Å². The van der Waals surface area contributed by atoms with Crippen LogP contribution in [0.25, 0.3) is 0 Å². The molecule has 1 aromatic rings. The number of amides is 1. The van der Waals surface area contributed by atoms with Crippen LogP contribution in [0.15, 0.2) is 24.3 Å². The summed E-state index contributed by atoms with van der Waals surface area (Å²) >= 11 is 0. The number of hydrogen-bond acceptors (Lipinski definition) is 2. The summed E-state index contributed by atoms with van der Waals surface area (Å²) in [6.07, 6.45) is 5.33. The summed E-state index contributed by atoms with van der Waals surface area (Å²) in [7, 11) is 0. The van der Waals surface area contributed by atoms with Gasteiger partial charge in [0.1, 0.15) is 5.66 Å². The van der Waals surface area contributed by atoms with Crippen LogP contribution in [-0.2, 0) is 10.2 Å². The fourth-order valence-corrected chi connectivity index (χ4v) is 4.60. The van der Waals surface area contributed by atoms with E-state index in [0.717, 1.165) is 13.0 Å². The number of fused-ring (bicyclic) bond motifs is 3. The zero-order valence-electron chi connectivity index (χ0n) is 11.4. The van der Waals surface area contributed by atoms with Crippen LogP contribution < -0.4 is 10.2 Å². The summed E-state index contributed by atoms with van der Waals surface area (Å²) in [6, 6.07) is 8.72. The number of carbonyl (C=O) groups excluding carboxylic acids is 1. The molecule has 100 valence electrons. The van der Waals surface area contributed by atoms with Crippen molar-refractivity contribution < 1.29 is 4.79 Å². The molecule has 1 spiro atoms. The standard InChI is InChI=1S/C16H20N2O/c1-15-9-4-5-10-16(15)17-14(19)8-11-18(16)13-7-3-2-6-12(13)15/h2-3,6-7H,4-5,8-11H2,1H3,(H,17,19)/t15-,16+/m0/s1. The van der Waals surface area contributed by atoms with Crippen LogP contribution in [0.5, 0.6) is 0 Å². The van der Waals surface area contributed by atoms with Crippen LogP contribution in [0, 0.1) is 0 Å². The second-order valence-corrected chi connectivity index (χ2v) is 6.37. The molecule has 3 nitrogen and oxygen atoms in total. The van der Waals surface area contributed by atoms with Gasteiger partial charge in [-0.15, -0.1) is 0 Å². The Bertz CT molecular complexity index is 555. The van der Waals surface area contributed by atoms with Crippen LogP contribution in [0.3, 0.4) is 0 Å². The molecule has 0 aromatic heterocycles. The first-order valence-electron chi connectivity index (χ1n) is 7.36. The lowest BCUT2D eigenvalue weighted by Gasteiger charge is -2.54. The zero-order valence-corrected chi connectivity index (χ0v) is 11.4. The van der Waals surface area contributed by atoms with E-state index in [2.05, 4.69) is 41.4 Å². The van der Waals surface area contributed by atoms with E-state index in [0.29, 0.717) is 6.42 Å². The normalized spacial score (nSPS) is 36.3. The quantitative estimate of drug-likeness (QED) is 0.773. The SMILES string of the molecule is C[C@@]12CCCC[C@]13NC(=O)CCN3c1ccccc12. The molecule has 4 rings (SSSR count). The number of hydrogen-bond donors (Lipinski definition) is 1. The van der Waals surface area contributed by atoms with E-state index in [1.165, 1.54) is 30.5 Å². The molecule has 2 atom stereocenters. The Labute approximate surface area is 114 Å². The third-order valence-corrected chi connectivity index (χ3v) is 5.54. The topological polar surface area (TPSA) is 32.3 Å². The van der Waals surface area contributed by atoms with Crippen molar-refractivity contribution in [3.05, 3.63) is 29.8 Å². The molecule has 1 saturated carbocycles. The number of para-hydroxylation sites is 1. The molecular weight excluding hydrogens is 236 g/mol. The fraction of sp³-hybridized carbons (Fsp3) is 0.562. The van der Waals surface area contributed by atoms with Crippen LogP contribution in [0.1, 0.15) is 44.6 Å². The summed E-state index contributed by atoms with van der Waals surface area (Å²) in [5.74, 6) is 0.220. The molecule has 0 unspecified atom stereocenters. The van der Waals surface area contributed by atoms with Gasteiger partial charge in [0, 0.05) is 24.1 Å². The maximum atomic E-state index is 12.0. The van der Waals surface area contributed by atoms with Crippen LogP contribution in [0.4, 0.5) is 5.69 Å². The van der Waals surface area contributed by atoms with Gasteiger partial charge >= 0.3 is 0 Å². The van der Waals surface area contributed by atoms with E-state index < -0.39 is 0 Å². The number of benzene rings is 1. The molecule has 2 heterocycles. The number of rotatable bonds is 0. The zero-order chi connectivity index (χ0) is 13.1. The Balaban J connectivity index is 1.95. The third-order valence-electron chi connectivity index (χ3n) is 5.54. The van der Waals surface area contributed by atoms with Crippen LogP contribution in [-0.4, -0.2) is 18.1 Å². The first kappa shape index (κ1) is 11.3. The van der Waals surface area contributed by atoms with Crippen molar-refractivity contribution in [3.63, 3.8) is 0 Å². The van der Waals surface area contributed by atoms with Gasteiger partial charge in [0.2, 0.25) is 5.91 Å². The maximum absolute atomic E-state index is 12.0. The van der Waals surface area contributed by atoms with E-state index >= 15 is 0 Å². The Morgan fingerprint density at radius 2 is 2.00 bits per heavy atom. The first-order chi connectivity index (χ1) is 9.17. The number of nitrogens with one attached hydrogen (secondary N) is 1. The number of carbonyl (C=O) groups is 1. The average molecular weight is 256 g/mol. The molecule has 0 radical (unpaired) electrons. The van der Waals surface area contributed by atoms with Crippen molar-refractivity contribution in [1.29, 1.82) is 0 Å². The second kappa shape index (κ2) is 3.53. The molecule has 1 aromatic carbocycles. The summed E-state index contributed by atoms with van der Waals surface area (Å²) in [6.45, 7) is 3.20. The summed E-state index contributed by atoms with van der Waals surface area (Å²) in [5, 5.41) is 3.37. The van der Waals surface area contributed by atoms with Crippen molar-refractivity contribution in [1.82, 2.24) is 5.32 Å².